The Hall–Kier alpha value is -2.10. The van der Waals surface area contributed by atoms with Gasteiger partial charge in [0.05, 0.1) is 0 Å². The molecule has 2 aromatic rings. The van der Waals surface area contributed by atoms with Gasteiger partial charge in [0, 0.05) is 5.39 Å². The average molecular weight is 204 g/mol. The largest absolute Gasteiger partial charge is 0.421 e. The summed E-state index contributed by atoms with van der Waals surface area (Å²) < 4.78 is 9.46. The summed E-state index contributed by atoms with van der Waals surface area (Å²) in [6, 6.07) is 6.88. The smallest absolute Gasteiger partial charge is 0.379 e. The number of carbonyl (C=O) groups is 1. The van der Waals surface area contributed by atoms with E-state index in [0.717, 1.165) is 10.9 Å². The molecule has 0 unspecified atom stereocenters. The highest BCUT2D eigenvalue weighted by Crippen LogP contribution is 2.17. The summed E-state index contributed by atoms with van der Waals surface area (Å²) >= 11 is 0. The third-order valence-electron chi connectivity index (χ3n) is 2.03. The molecular formula is C11H8O4. The van der Waals surface area contributed by atoms with Crippen molar-refractivity contribution in [3.63, 3.8) is 0 Å². The summed E-state index contributed by atoms with van der Waals surface area (Å²) in [5.74, 6) is -0.0944. The molecule has 1 aromatic carbocycles. The second kappa shape index (κ2) is 3.57. The van der Waals surface area contributed by atoms with E-state index in [1.165, 1.54) is 6.07 Å². The number of aryl methyl sites for hydroxylation is 1. The first-order valence-corrected chi connectivity index (χ1v) is 4.35. The topological polar surface area (TPSA) is 56.5 Å². The SMILES string of the molecule is Cc1ccc2oc(=O)c(OC=O)cc2c1. The molecule has 0 N–H and O–H groups in total. The van der Waals surface area contributed by atoms with Gasteiger partial charge in [0.25, 0.3) is 6.47 Å². The Bertz CT molecular complexity index is 568. The molecule has 76 valence electrons. The molecular weight excluding hydrogens is 196 g/mol. The molecule has 0 spiro atoms. The second-order valence-electron chi connectivity index (χ2n) is 3.15. The predicted octanol–water partition coefficient (Wildman–Crippen LogP) is 1.64. The van der Waals surface area contributed by atoms with E-state index in [9.17, 15) is 9.59 Å². The molecule has 2 rings (SSSR count). The highest BCUT2D eigenvalue weighted by atomic mass is 16.5. The van der Waals surface area contributed by atoms with Gasteiger partial charge in [-0.1, -0.05) is 11.6 Å². The van der Waals surface area contributed by atoms with E-state index in [0.29, 0.717) is 5.58 Å². The molecule has 0 radical (unpaired) electrons. The minimum Gasteiger partial charge on any atom is -0.421 e. The zero-order valence-electron chi connectivity index (χ0n) is 8.02. The van der Waals surface area contributed by atoms with E-state index < -0.39 is 5.63 Å². The van der Waals surface area contributed by atoms with E-state index in [1.54, 1.807) is 6.07 Å². The number of rotatable bonds is 2. The number of hydrogen-bond acceptors (Lipinski definition) is 4. The van der Waals surface area contributed by atoms with Gasteiger partial charge in [-0.2, -0.15) is 0 Å². The summed E-state index contributed by atoms with van der Waals surface area (Å²) in [6.07, 6.45) is 0. The van der Waals surface area contributed by atoms with Crippen molar-refractivity contribution in [1.82, 2.24) is 0 Å². The fourth-order valence-corrected chi connectivity index (χ4v) is 1.36. The molecule has 0 aliphatic heterocycles. The second-order valence-corrected chi connectivity index (χ2v) is 3.15. The monoisotopic (exact) mass is 204 g/mol. The maximum Gasteiger partial charge on any atom is 0.379 e. The molecule has 15 heavy (non-hydrogen) atoms. The first-order chi connectivity index (χ1) is 7.20. The highest BCUT2D eigenvalue weighted by molar-refractivity contribution is 5.78. The van der Waals surface area contributed by atoms with Crippen molar-refractivity contribution in [2.24, 2.45) is 0 Å². The van der Waals surface area contributed by atoms with Crippen LogP contribution in [0.5, 0.6) is 5.75 Å². The number of ether oxygens (including phenoxy) is 1. The molecule has 0 amide bonds. The van der Waals surface area contributed by atoms with Crippen LogP contribution >= 0.6 is 0 Å². The van der Waals surface area contributed by atoms with Crippen molar-refractivity contribution in [2.75, 3.05) is 0 Å². The van der Waals surface area contributed by atoms with E-state index in [2.05, 4.69) is 4.74 Å². The first-order valence-electron chi connectivity index (χ1n) is 4.35. The lowest BCUT2D eigenvalue weighted by Crippen LogP contribution is -2.04. The van der Waals surface area contributed by atoms with Gasteiger partial charge in [-0.3, -0.25) is 4.79 Å². The van der Waals surface area contributed by atoms with Crippen LogP contribution in [0, 0.1) is 6.92 Å². The van der Waals surface area contributed by atoms with Crippen LogP contribution in [-0.2, 0) is 4.79 Å². The molecule has 0 saturated carbocycles. The normalized spacial score (nSPS) is 10.2. The van der Waals surface area contributed by atoms with Gasteiger partial charge in [0.15, 0.2) is 0 Å². The quantitative estimate of drug-likeness (QED) is 0.551. The summed E-state index contributed by atoms with van der Waals surface area (Å²) in [5.41, 5.74) is 0.857. The Kier molecular flexibility index (Phi) is 2.25. The molecule has 0 saturated heterocycles. The zero-order valence-corrected chi connectivity index (χ0v) is 8.02. The molecule has 4 heteroatoms. The predicted molar refractivity (Wildman–Crippen MR) is 53.9 cm³/mol. The highest BCUT2D eigenvalue weighted by Gasteiger charge is 2.05. The third kappa shape index (κ3) is 1.74. The minimum atomic E-state index is -0.654. The third-order valence-corrected chi connectivity index (χ3v) is 2.03. The van der Waals surface area contributed by atoms with Crippen molar-refractivity contribution >= 4 is 17.4 Å². The average Bonchev–Trinajstić information content (AvgIpc) is 2.20. The number of benzene rings is 1. The number of hydrogen-bond donors (Lipinski definition) is 0. The summed E-state index contributed by atoms with van der Waals surface area (Å²) in [6.45, 7) is 2.12. The first kappa shape index (κ1) is 9.45. The molecule has 1 heterocycles. The van der Waals surface area contributed by atoms with Gasteiger partial charge in [0.1, 0.15) is 5.58 Å². The number of carbonyl (C=O) groups excluding carboxylic acids is 1. The minimum absolute atomic E-state index is 0.0944. The lowest BCUT2D eigenvalue weighted by molar-refractivity contribution is -0.120. The van der Waals surface area contributed by atoms with Crippen molar-refractivity contribution in [3.8, 4) is 5.75 Å². The van der Waals surface area contributed by atoms with Crippen LogP contribution in [0.15, 0.2) is 33.5 Å². The van der Waals surface area contributed by atoms with Gasteiger partial charge in [-0.25, -0.2) is 4.79 Å². The van der Waals surface area contributed by atoms with Gasteiger partial charge in [-0.05, 0) is 25.1 Å². The van der Waals surface area contributed by atoms with E-state index in [1.807, 2.05) is 19.1 Å². The molecule has 0 fully saturated rings. The molecule has 0 aliphatic rings. The Morgan fingerprint density at radius 2 is 2.13 bits per heavy atom. The maximum absolute atomic E-state index is 11.3. The number of fused-ring (bicyclic) bond motifs is 1. The van der Waals surface area contributed by atoms with Crippen LogP contribution in [0.3, 0.4) is 0 Å². The van der Waals surface area contributed by atoms with Crippen LogP contribution < -0.4 is 10.4 Å². The van der Waals surface area contributed by atoms with Crippen LogP contribution in [-0.4, -0.2) is 6.47 Å². The lowest BCUT2D eigenvalue weighted by Gasteiger charge is -2.00. The molecule has 4 nitrogen and oxygen atoms in total. The van der Waals surface area contributed by atoms with Crippen molar-refractivity contribution < 1.29 is 13.9 Å². The molecule has 0 bridgehead atoms. The lowest BCUT2D eigenvalue weighted by atomic mass is 10.1. The van der Waals surface area contributed by atoms with E-state index in [4.69, 9.17) is 4.42 Å². The van der Waals surface area contributed by atoms with Gasteiger partial charge < -0.3 is 9.15 Å². The van der Waals surface area contributed by atoms with Crippen molar-refractivity contribution in [3.05, 3.63) is 40.2 Å². The fraction of sp³-hybridized carbons (Fsp3) is 0.0909. The summed E-state index contributed by atoms with van der Waals surface area (Å²) in [4.78, 5) is 21.4. The summed E-state index contributed by atoms with van der Waals surface area (Å²) in [5, 5.41) is 0.728. The maximum atomic E-state index is 11.3. The van der Waals surface area contributed by atoms with Gasteiger partial charge in [-0.15, -0.1) is 0 Å². The zero-order chi connectivity index (χ0) is 10.8. The van der Waals surface area contributed by atoms with Crippen LogP contribution in [0.25, 0.3) is 11.0 Å². The molecule has 0 aliphatic carbocycles. The van der Waals surface area contributed by atoms with E-state index >= 15 is 0 Å². The van der Waals surface area contributed by atoms with Gasteiger partial charge >= 0.3 is 5.63 Å². The van der Waals surface area contributed by atoms with Crippen molar-refractivity contribution in [2.45, 2.75) is 6.92 Å². The van der Waals surface area contributed by atoms with Crippen molar-refractivity contribution in [1.29, 1.82) is 0 Å². The van der Waals surface area contributed by atoms with Crippen LogP contribution in [0.4, 0.5) is 0 Å². The van der Waals surface area contributed by atoms with E-state index in [-0.39, 0.29) is 12.2 Å². The van der Waals surface area contributed by atoms with Crippen LogP contribution in [0.2, 0.25) is 0 Å². The fourth-order valence-electron chi connectivity index (χ4n) is 1.36. The standard InChI is InChI=1S/C11H8O4/c1-7-2-3-9-8(4-7)5-10(14-6-12)11(13)15-9/h2-6H,1H3. The summed E-state index contributed by atoms with van der Waals surface area (Å²) in [7, 11) is 0. The molecule has 0 atom stereocenters. The molecule has 1 aromatic heterocycles. The Morgan fingerprint density at radius 1 is 1.33 bits per heavy atom. The van der Waals surface area contributed by atoms with Crippen LogP contribution in [0.1, 0.15) is 5.56 Å². The Balaban J connectivity index is 2.71. The van der Waals surface area contributed by atoms with Gasteiger partial charge in [0.2, 0.25) is 5.75 Å². The Morgan fingerprint density at radius 3 is 2.87 bits per heavy atom. The Labute approximate surface area is 85.1 Å².